The van der Waals surface area contributed by atoms with E-state index >= 15 is 0 Å². The number of hydrogen-bond acceptors (Lipinski definition) is 6. The second-order valence-electron chi connectivity index (χ2n) is 8.82. The quantitative estimate of drug-likeness (QED) is 0.474. The van der Waals surface area contributed by atoms with E-state index in [0.29, 0.717) is 17.9 Å². The number of nitrogens with zero attached hydrogens (tertiary/aromatic N) is 1. The summed E-state index contributed by atoms with van der Waals surface area (Å²) in [5.74, 6) is -1.49. The molecule has 31 heavy (non-hydrogen) atoms. The number of ether oxygens (including phenoxy) is 1. The summed E-state index contributed by atoms with van der Waals surface area (Å²) in [5.41, 5.74) is 1.73. The van der Waals surface area contributed by atoms with Gasteiger partial charge in [0.2, 0.25) is 0 Å². The zero-order chi connectivity index (χ0) is 23.0. The van der Waals surface area contributed by atoms with Crippen molar-refractivity contribution in [2.45, 2.75) is 84.3 Å². The molecule has 8 heteroatoms. The molecule has 2 rings (SSSR count). The first kappa shape index (κ1) is 24.4. The minimum atomic E-state index is -0.564. The molecule has 1 saturated heterocycles. The third-order valence-corrected chi connectivity index (χ3v) is 4.62. The Morgan fingerprint density at radius 2 is 1.61 bits per heavy atom. The van der Waals surface area contributed by atoms with Crippen LogP contribution in [0.2, 0.25) is 0 Å². The largest absolute Gasteiger partial charge is 0.444 e. The highest BCUT2D eigenvalue weighted by atomic mass is 16.7. The Morgan fingerprint density at radius 1 is 1.03 bits per heavy atom. The highest BCUT2D eigenvalue weighted by molar-refractivity contribution is 6.01. The van der Waals surface area contributed by atoms with Gasteiger partial charge in [0, 0.05) is 25.3 Å². The van der Waals surface area contributed by atoms with E-state index in [0.717, 1.165) is 24.0 Å². The van der Waals surface area contributed by atoms with Crippen molar-refractivity contribution in [3.05, 3.63) is 35.4 Å². The van der Waals surface area contributed by atoms with Gasteiger partial charge in [-0.3, -0.25) is 9.59 Å². The summed E-state index contributed by atoms with van der Waals surface area (Å²) in [6, 6.07) is 8.08. The molecular formula is C23H32N2O6. The standard InChI is InChI=1S/C23H32N2O6/c1-16(24-22(29)30-23(2,3)4)15-18-11-9-17(10-12-18)7-5-6-8-21(28)31-25-19(26)13-14-20(25)27/h9-12,16H,5-8,13-15H2,1-4H3,(H,24,29)/t16-/m0/s1. The van der Waals surface area contributed by atoms with Crippen molar-refractivity contribution >= 4 is 23.9 Å². The van der Waals surface area contributed by atoms with Crippen molar-refractivity contribution in [2.24, 2.45) is 0 Å². The molecule has 8 nitrogen and oxygen atoms in total. The fraction of sp³-hybridized carbons (Fsp3) is 0.565. The molecule has 1 N–H and O–H groups in total. The Bertz CT molecular complexity index is 781. The summed E-state index contributed by atoms with van der Waals surface area (Å²) < 4.78 is 5.27. The van der Waals surface area contributed by atoms with Gasteiger partial charge in [-0.2, -0.15) is 0 Å². The molecule has 1 aliphatic heterocycles. The molecule has 0 bridgehead atoms. The predicted octanol–water partition coefficient (Wildman–Crippen LogP) is 3.46. The molecular weight excluding hydrogens is 400 g/mol. The fourth-order valence-electron chi connectivity index (χ4n) is 3.16. The molecule has 1 aliphatic rings. The number of unbranched alkanes of at least 4 members (excludes halogenated alkanes) is 1. The lowest BCUT2D eigenvalue weighted by molar-refractivity contribution is -0.197. The van der Waals surface area contributed by atoms with Crippen molar-refractivity contribution in [3.63, 3.8) is 0 Å². The molecule has 1 heterocycles. The molecule has 0 aromatic heterocycles. The summed E-state index contributed by atoms with van der Waals surface area (Å²) in [6.07, 6.45) is 2.81. The van der Waals surface area contributed by atoms with Crippen LogP contribution < -0.4 is 5.32 Å². The van der Waals surface area contributed by atoms with Gasteiger partial charge < -0.3 is 14.9 Å². The number of amides is 3. The van der Waals surface area contributed by atoms with E-state index < -0.39 is 29.5 Å². The Balaban J connectivity index is 1.66. The second kappa shape index (κ2) is 10.9. The van der Waals surface area contributed by atoms with Crippen LogP contribution >= 0.6 is 0 Å². The van der Waals surface area contributed by atoms with Gasteiger partial charge in [-0.1, -0.05) is 24.3 Å². The number of hydroxylamine groups is 2. The predicted molar refractivity (Wildman–Crippen MR) is 114 cm³/mol. The van der Waals surface area contributed by atoms with Gasteiger partial charge in [0.05, 0.1) is 0 Å². The monoisotopic (exact) mass is 432 g/mol. The van der Waals surface area contributed by atoms with Crippen molar-refractivity contribution in [1.29, 1.82) is 0 Å². The Morgan fingerprint density at radius 3 is 2.19 bits per heavy atom. The normalized spacial score (nSPS) is 15.0. The molecule has 1 aromatic rings. The Hall–Kier alpha value is -2.90. The number of carbonyl (C=O) groups is 4. The number of hydrogen-bond donors (Lipinski definition) is 1. The van der Waals surface area contributed by atoms with Crippen molar-refractivity contribution in [3.8, 4) is 0 Å². The molecule has 1 aromatic carbocycles. The summed E-state index contributed by atoms with van der Waals surface area (Å²) >= 11 is 0. The number of carbonyl (C=O) groups excluding carboxylic acids is 4. The maximum absolute atomic E-state index is 11.8. The zero-order valence-corrected chi connectivity index (χ0v) is 18.7. The van der Waals surface area contributed by atoms with Gasteiger partial charge in [-0.05, 0) is 64.5 Å². The third kappa shape index (κ3) is 8.78. The van der Waals surface area contributed by atoms with E-state index in [1.165, 1.54) is 0 Å². The first-order valence-corrected chi connectivity index (χ1v) is 10.7. The summed E-state index contributed by atoms with van der Waals surface area (Å²) in [6.45, 7) is 7.41. The maximum atomic E-state index is 11.8. The first-order chi connectivity index (χ1) is 14.5. The van der Waals surface area contributed by atoms with Crippen LogP contribution in [0.3, 0.4) is 0 Å². The highest BCUT2D eigenvalue weighted by Gasteiger charge is 2.32. The zero-order valence-electron chi connectivity index (χ0n) is 18.7. The maximum Gasteiger partial charge on any atom is 0.407 e. The van der Waals surface area contributed by atoms with Crippen molar-refractivity contribution < 1.29 is 28.8 Å². The van der Waals surface area contributed by atoms with E-state index in [4.69, 9.17) is 9.57 Å². The first-order valence-electron chi connectivity index (χ1n) is 10.7. The van der Waals surface area contributed by atoms with Crippen molar-refractivity contribution in [2.75, 3.05) is 0 Å². The second-order valence-corrected chi connectivity index (χ2v) is 8.82. The molecule has 0 aliphatic carbocycles. The van der Waals surface area contributed by atoms with E-state index in [1.54, 1.807) is 0 Å². The van der Waals surface area contributed by atoms with Crippen LogP contribution in [0.4, 0.5) is 4.79 Å². The smallest absolute Gasteiger partial charge is 0.407 e. The lowest BCUT2D eigenvalue weighted by Gasteiger charge is -2.22. The topological polar surface area (TPSA) is 102 Å². The van der Waals surface area contributed by atoms with Crippen LogP contribution in [0.15, 0.2) is 24.3 Å². The number of aryl methyl sites for hydroxylation is 1. The molecule has 3 amide bonds. The lowest BCUT2D eigenvalue weighted by Crippen LogP contribution is -2.38. The number of rotatable bonds is 9. The van der Waals surface area contributed by atoms with Crippen LogP contribution in [0.5, 0.6) is 0 Å². The van der Waals surface area contributed by atoms with E-state index in [-0.39, 0.29) is 25.3 Å². The van der Waals surface area contributed by atoms with Crippen LogP contribution in [0.1, 0.15) is 70.9 Å². The van der Waals surface area contributed by atoms with E-state index in [2.05, 4.69) is 5.32 Å². The van der Waals surface area contributed by atoms with E-state index in [9.17, 15) is 19.2 Å². The Labute approximate surface area is 183 Å². The van der Waals surface area contributed by atoms with Gasteiger partial charge in [0.1, 0.15) is 5.60 Å². The van der Waals surface area contributed by atoms with Crippen LogP contribution in [0.25, 0.3) is 0 Å². The van der Waals surface area contributed by atoms with Gasteiger partial charge in [-0.25, -0.2) is 9.59 Å². The van der Waals surface area contributed by atoms with Crippen LogP contribution in [-0.4, -0.2) is 40.6 Å². The summed E-state index contributed by atoms with van der Waals surface area (Å²) in [7, 11) is 0. The SMILES string of the molecule is C[C@@H](Cc1ccc(CCCCC(=O)ON2C(=O)CCC2=O)cc1)NC(=O)OC(C)(C)C. The van der Waals surface area contributed by atoms with Gasteiger partial charge in [-0.15, -0.1) is 5.06 Å². The minimum Gasteiger partial charge on any atom is -0.444 e. The average molecular weight is 433 g/mol. The molecule has 170 valence electrons. The van der Waals surface area contributed by atoms with Gasteiger partial charge in [0.15, 0.2) is 0 Å². The summed E-state index contributed by atoms with van der Waals surface area (Å²) in [5, 5.41) is 3.42. The third-order valence-electron chi connectivity index (χ3n) is 4.62. The number of alkyl carbamates (subject to hydrolysis) is 1. The molecule has 1 atom stereocenters. The molecule has 0 radical (unpaired) electrons. The lowest BCUT2D eigenvalue weighted by atomic mass is 10.0. The van der Waals surface area contributed by atoms with Gasteiger partial charge in [0.25, 0.3) is 11.8 Å². The average Bonchev–Trinajstić information content (AvgIpc) is 2.96. The minimum absolute atomic E-state index is 0.0546. The number of nitrogens with one attached hydrogen (secondary N) is 1. The molecule has 1 fully saturated rings. The summed E-state index contributed by atoms with van der Waals surface area (Å²) in [4.78, 5) is 51.4. The van der Waals surface area contributed by atoms with Crippen molar-refractivity contribution in [1.82, 2.24) is 10.4 Å². The van der Waals surface area contributed by atoms with Crippen LogP contribution in [0, 0.1) is 0 Å². The number of imide groups is 1. The molecule has 0 spiro atoms. The fourth-order valence-corrected chi connectivity index (χ4v) is 3.16. The van der Waals surface area contributed by atoms with Crippen LogP contribution in [-0.2, 0) is 36.8 Å². The highest BCUT2D eigenvalue weighted by Crippen LogP contribution is 2.15. The molecule has 0 saturated carbocycles. The Kier molecular flexibility index (Phi) is 8.59. The van der Waals surface area contributed by atoms with E-state index in [1.807, 2.05) is 52.0 Å². The number of benzene rings is 1. The van der Waals surface area contributed by atoms with Gasteiger partial charge >= 0.3 is 12.1 Å². The molecule has 0 unspecified atom stereocenters.